The summed E-state index contributed by atoms with van der Waals surface area (Å²) in [5.41, 5.74) is 6.97. The molecule has 0 atom stereocenters. The molecule has 2 heterocycles. The fourth-order valence-corrected chi connectivity index (χ4v) is 5.34. The molecule has 2 N–H and O–H groups in total. The van der Waals surface area contributed by atoms with Crippen molar-refractivity contribution in [2.75, 3.05) is 13.1 Å². The highest BCUT2D eigenvalue weighted by Crippen LogP contribution is 2.27. The molecule has 2 aromatic heterocycles. The first-order valence-electron chi connectivity index (χ1n) is 13.3. The van der Waals surface area contributed by atoms with Crippen LogP contribution in [0.2, 0.25) is 0 Å². The Bertz CT molecular complexity index is 1440. The van der Waals surface area contributed by atoms with Crippen molar-refractivity contribution in [3.05, 3.63) is 108 Å². The predicted octanol–water partition coefficient (Wildman–Crippen LogP) is 7.14. The molecule has 6 rings (SSSR count). The predicted molar refractivity (Wildman–Crippen MR) is 156 cm³/mol. The summed E-state index contributed by atoms with van der Waals surface area (Å²) in [4.78, 5) is 9.68. The van der Waals surface area contributed by atoms with Crippen LogP contribution >= 0.6 is 0 Å². The Balaban J connectivity index is 1.00. The number of benzene rings is 4. The molecule has 37 heavy (non-hydrogen) atoms. The number of nitrogens with one attached hydrogen (secondary N) is 2. The third-order valence-electron chi connectivity index (χ3n) is 7.21. The number of rotatable bonds is 10. The summed E-state index contributed by atoms with van der Waals surface area (Å²) in [6.45, 7) is 3.77. The van der Waals surface area contributed by atoms with Gasteiger partial charge in [0.2, 0.25) is 0 Å². The van der Waals surface area contributed by atoms with Gasteiger partial charge in [-0.15, -0.1) is 0 Å². The van der Waals surface area contributed by atoms with Crippen molar-refractivity contribution in [2.24, 2.45) is 0 Å². The molecular formula is C33H32N4. The normalized spacial score (nSPS) is 11.7. The van der Waals surface area contributed by atoms with E-state index < -0.39 is 0 Å². The number of para-hydroxylation sites is 4. The number of hydrogen-bond acceptors (Lipinski definition) is 4. The van der Waals surface area contributed by atoms with Gasteiger partial charge >= 0.3 is 0 Å². The van der Waals surface area contributed by atoms with Crippen molar-refractivity contribution in [2.45, 2.75) is 32.4 Å². The Kier molecular flexibility index (Phi) is 7.02. The summed E-state index contributed by atoms with van der Waals surface area (Å²) in [5, 5.41) is 12.4. The molecule has 4 heteroatoms. The van der Waals surface area contributed by atoms with E-state index in [0.29, 0.717) is 0 Å². The van der Waals surface area contributed by atoms with Crippen LogP contribution in [-0.2, 0) is 13.1 Å². The molecule has 0 spiro atoms. The molecular weight excluding hydrogens is 452 g/mol. The molecule has 0 unspecified atom stereocenters. The molecule has 0 bridgehead atoms. The maximum atomic E-state index is 4.84. The van der Waals surface area contributed by atoms with Crippen molar-refractivity contribution in [1.82, 2.24) is 20.6 Å². The van der Waals surface area contributed by atoms with E-state index in [4.69, 9.17) is 9.97 Å². The zero-order valence-electron chi connectivity index (χ0n) is 21.1. The largest absolute Gasteiger partial charge is 0.313 e. The van der Waals surface area contributed by atoms with Gasteiger partial charge in [0.15, 0.2) is 0 Å². The van der Waals surface area contributed by atoms with Gasteiger partial charge in [0.1, 0.15) is 0 Å². The molecule has 0 aliphatic carbocycles. The van der Waals surface area contributed by atoms with Crippen LogP contribution in [0.3, 0.4) is 0 Å². The lowest BCUT2D eigenvalue weighted by atomic mass is 10.0. The van der Waals surface area contributed by atoms with Crippen LogP contribution in [-0.4, -0.2) is 23.1 Å². The lowest BCUT2D eigenvalue weighted by Crippen LogP contribution is -2.17. The maximum Gasteiger partial charge on any atom is 0.0713 e. The van der Waals surface area contributed by atoms with Crippen LogP contribution in [0.15, 0.2) is 97.1 Å². The minimum atomic E-state index is 0.865. The lowest BCUT2D eigenvalue weighted by molar-refractivity contribution is 0.574. The van der Waals surface area contributed by atoms with E-state index in [1.807, 2.05) is 0 Å². The molecule has 0 saturated carbocycles. The summed E-state index contributed by atoms with van der Waals surface area (Å²) in [6, 6.07) is 33.9. The smallest absolute Gasteiger partial charge is 0.0713 e. The van der Waals surface area contributed by atoms with Gasteiger partial charge in [-0.3, -0.25) is 0 Å². The van der Waals surface area contributed by atoms with Gasteiger partial charge in [0.25, 0.3) is 0 Å². The summed E-state index contributed by atoms with van der Waals surface area (Å²) in [7, 11) is 0. The van der Waals surface area contributed by atoms with Gasteiger partial charge in [0, 0.05) is 34.6 Å². The first-order chi connectivity index (χ1) is 18.4. The third-order valence-corrected chi connectivity index (χ3v) is 7.21. The summed E-state index contributed by atoms with van der Waals surface area (Å²) in [6.07, 6.45) is 3.54. The van der Waals surface area contributed by atoms with Gasteiger partial charge in [-0.05, 0) is 61.3 Å². The second-order valence-electron chi connectivity index (χ2n) is 9.66. The molecule has 0 fully saturated rings. The SMILES string of the molecule is c1ccc2c(CNCCCCCNCc3c4ccccc4nc4ccccc34)c3ccccc3nc2c1. The number of fused-ring (bicyclic) bond motifs is 4. The van der Waals surface area contributed by atoms with Crippen molar-refractivity contribution < 1.29 is 0 Å². The molecule has 4 nitrogen and oxygen atoms in total. The van der Waals surface area contributed by atoms with Gasteiger partial charge in [-0.25, -0.2) is 9.97 Å². The highest BCUT2D eigenvalue weighted by Gasteiger charge is 2.09. The fraction of sp³-hybridized carbons (Fsp3) is 0.212. The summed E-state index contributed by atoms with van der Waals surface area (Å²) < 4.78 is 0. The Labute approximate surface area is 217 Å². The minimum Gasteiger partial charge on any atom is -0.313 e. The van der Waals surface area contributed by atoms with Crippen LogP contribution in [0.4, 0.5) is 0 Å². The van der Waals surface area contributed by atoms with E-state index in [0.717, 1.165) is 48.2 Å². The van der Waals surface area contributed by atoms with Crippen molar-refractivity contribution in [1.29, 1.82) is 0 Å². The van der Waals surface area contributed by atoms with Crippen LogP contribution in [0.5, 0.6) is 0 Å². The number of unbranched alkanes of at least 4 members (excludes halogenated alkanes) is 2. The van der Waals surface area contributed by atoms with E-state index in [9.17, 15) is 0 Å². The Morgan fingerprint density at radius 3 is 1.08 bits per heavy atom. The minimum absolute atomic E-state index is 0.865. The quantitative estimate of drug-likeness (QED) is 0.160. The average Bonchev–Trinajstić information content (AvgIpc) is 2.95. The average molecular weight is 485 g/mol. The number of aromatic nitrogens is 2. The van der Waals surface area contributed by atoms with E-state index in [2.05, 4.69) is 108 Å². The number of pyridine rings is 2. The van der Waals surface area contributed by atoms with Crippen molar-refractivity contribution in [3.8, 4) is 0 Å². The number of hydrogen-bond donors (Lipinski definition) is 2. The first kappa shape index (κ1) is 23.5. The van der Waals surface area contributed by atoms with Crippen LogP contribution in [0.25, 0.3) is 43.6 Å². The van der Waals surface area contributed by atoms with Gasteiger partial charge < -0.3 is 10.6 Å². The summed E-state index contributed by atoms with van der Waals surface area (Å²) in [5.74, 6) is 0. The number of nitrogens with zero attached hydrogens (tertiary/aromatic N) is 2. The van der Waals surface area contributed by atoms with E-state index in [1.165, 1.54) is 51.9 Å². The van der Waals surface area contributed by atoms with Gasteiger partial charge in [-0.2, -0.15) is 0 Å². The molecule has 0 saturated heterocycles. The van der Waals surface area contributed by atoms with Crippen molar-refractivity contribution >= 4 is 43.6 Å². The highest BCUT2D eigenvalue weighted by molar-refractivity contribution is 5.98. The lowest BCUT2D eigenvalue weighted by Gasteiger charge is -2.13. The van der Waals surface area contributed by atoms with E-state index in [-0.39, 0.29) is 0 Å². The Hall–Kier alpha value is -3.86. The second kappa shape index (κ2) is 11.0. The molecule has 0 aliphatic heterocycles. The van der Waals surface area contributed by atoms with E-state index in [1.54, 1.807) is 0 Å². The fourth-order valence-electron chi connectivity index (χ4n) is 5.34. The zero-order chi connectivity index (χ0) is 24.9. The first-order valence-corrected chi connectivity index (χ1v) is 13.3. The molecule has 184 valence electrons. The van der Waals surface area contributed by atoms with Gasteiger partial charge in [0.05, 0.1) is 22.1 Å². The van der Waals surface area contributed by atoms with Crippen LogP contribution < -0.4 is 10.6 Å². The molecule has 6 aromatic rings. The topological polar surface area (TPSA) is 49.8 Å². The Morgan fingerprint density at radius 2 is 0.730 bits per heavy atom. The summed E-state index contributed by atoms with van der Waals surface area (Å²) >= 11 is 0. The standard InChI is InChI=1S/C33H32N4/c1(10-20-34-22-28-24-12-2-6-16-30(24)36-31-17-7-3-13-25(28)31)11-21-35-23-29-26-14-4-8-18-32(26)37-33-19-9-5-15-27(29)33/h2-9,12-19,34-35H,1,10-11,20-23H2. The molecule has 0 amide bonds. The molecule has 4 aromatic carbocycles. The van der Waals surface area contributed by atoms with Crippen LogP contribution in [0, 0.1) is 0 Å². The molecule has 0 radical (unpaired) electrons. The highest BCUT2D eigenvalue weighted by atomic mass is 14.9. The van der Waals surface area contributed by atoms with Crippen LogP contribution in [0.1, 0.15) is 30.4 Å². The Morgan fingerprint density at radius 1 is 0.405 bits per heavy atom. The zero-order valence-corrected chi connectivity index (χ0v) is 21.1. The van der Waals surface area contributed by atoms with E-state index >= 15 is 0 Å². The maximum absolute atomic E-state index is 4.84. The third kappa shape index (κ3) is 5.04. The van der Waals surface area contributed by atoms with Gasteiger partial charge in [-0.1, -0.05) is 79.2 Å². The molecule has 0 aliphatic rings. The van der Waals surface area contributed by atoms with Crippen molar-refractivity contribution in [3.63, 3.8) is 0 Å². The second-order valence-corrected chi connectivity index (χ2v) is 9.66. The monoisotopic (exact) mass is 484 g/mol.